The molecule has 1 aromatic rings. The van der Waals surface area contributed by atoms with Gasteiger partial charge in [-0.05, 0) is 17.5 Å². The van der Waals surface area contributed by atoms with Gasteiger partial charge in [0, 0.05) is 7.11 Å². The third kappa shape index (κ3) is 2.88. The molecule has 1 aromatic carbocycles. The maximum Gasteiger partial charge on any atom is 0.195 e. The Morgan fingerprint density at radius 3 is 2.35 bits per heavy atom. The van der Waals surface area contributed by atoms with E-state index in [0.29, 0.717) is 0 Å². The first kappa shape index (κ1) is 13.8. The first-order chi connectivity index (χ1) is 7.79. The molecule has 0 saturated heterocycles. The molecule has 0 heterocycles. The molecule has 0 N–H and O–H groups in total. The van der Waals surface area contributed by atoms with Crippen LogP contribution in [0, 0.1) is 17.0 Å². The highest BCUT2D eigenvalue weighted by atomic mass is 19.2. The van der Waals surface area contributed by atoms with Crippen molar-refractivity contribution < 1.29 is 18.3 Å². The Hall–Kier alpha value is -1.29. The lowest BCUT2D eigenvalue weighted by Gasteiger charge is -2.28. The lowest BCUT2D eigenvalue weighted by Crippen LogP contribution is -2.36. The molecule has 0 spiro atoms. The highest BCUT2D eigenvalue weighted by Crippen LogP contribution is 2.26. The molecule has 0 bridgehead atoms. The minimum absolute atomic E-state index is 0.272. The van der Waals surface area contributed by atoms with Gasteiger partial charge in [-0.25, -0.2) is 8.78 Å². The second kappa shape index (κ2) is 4.92. The summed E-state index contributed by atoms with van der Waals surface area (Å²) in [6.45, 7) is 5.41. The standard InChI is InChI=1S/C13H16F2O2/c1-13(2,3)12(17-4)11(16)8-6-5-7-9(14)10(8)15/h5-7,12H,1-4H3. The summed E-state index contributed by atoms with van der Waals surface area (Å²) >= 11 is 0. The summed E-state index contributed by atoms with van der Waals surface area (Å²) in [6.07, 6.45) is -0.807. The van der Waals surface area contributed by atoms with E-state index in [9.17, 15) is 13.6 Å². The predicted molar refractivity (Wildman–Crippen MR) is 60.9 cm³/mol. The van der Waals surface area contributed by atoms with E-state index in [0.717, 1.165) is 6.07 Å². The second-order valence-corrected chi connectivity index (χ2v) is 4.95. The van der Waals surface area contributed by atoms with Crippen molar-refractivity contribution in [2.24, 2.45) is 5.41 Å². The monoisotopic (exact) mass is 242 g/mol. The third-order valence-electron chi connectivity index (χ3n) is 2.48. The second-order valence-electron chi connectivity index (χ2n) is 4.95. The highest BCUT2D eigenvalue weighted by Gasteiger charge is 2.33. The van der Waals surface area contributed by atoms with Crippen LogP contribution in [0.4, 0.5) is 8.78 Å². The molecule has 0 aliphatic rings. The zero-order chi connectivity index (χ0) is 13.2. The normalized spacial score (nSPS) is 13.5. The topological polar surface area (TPSA) is 26.3 Å². The van der Waals surface area contributed by atoms with Crippen LogP contribution in [0.3, 0.4) is 0 Å². The average Bonchev–Trinajstić information content (AvgIpc) is 2.20. The molecular formula is C13H16F2O2. The number of carbonyl (C=O) groups is 1. The van der Waals surface area contributed by atoms with E-state index in [4.69, 9.17) is 4.74 Å². The van der Waals surface area contributed by atoms with E-state index in [1.165, 1.54) is 19.2 Å². The van der Waals surface area contributed by atoms with E-state index < -0.39 is 28.9 Å². The molecule has 0 fully saturated rings. The third-order valence-corrected chi connectivity index (χ3v) is 2.48. The van der Waals surface area contributed by atoms with Gasteiger partial charge in [-0.15, -0.1) is 0 Å². The molecule has 4 heteroatoms. The van der Waals surface area contributed by atoms with Crippen LogP contribution in [-0.4, -0.2) is 19.0 Å². The first-order valence-corrected chi connectivity index (χ1v) is 5.30. The smallest absolute Gasteiger partial charge is 0.195 e. The van der Waals surface area contributed by atoms with Crippen LogP contribution in [0.15, 0.2) is 18.2 Å². The number of rotatable bonds is 3. The number of Topliss-reactive ketones (excluding diaryl/α,β-unsaturated/α-hetero) is 1. The van der Waals surface area contributed by atoms with Gasteiger partial charge in [0.05, 0.1) is 5.56 Å². The lowest BCUT2D eigenvalue weighted by molar-refractivity contribution is 0.0192. The molecule has 0 aliphatic carbocycles. The van der Waals surface area contributed by atoms with Crippen LogP contribution in [-0.2, 0) is 4.74 Å². The Kier molecular flexibility index (Phi) is 3.98. The van der Waals surface area contributed by atoms with Crippen LogP contribution < -0.4 is 0 Å². The molecule has 0 aromatic heterocycles. The molecule has 0 amide bonds. The SMILES string of the molecule is COC(C(=O)c1cccc(F)c1F)C(C)(C)C. The molecule has 0 aliphatic heterocycles. The summed E-state index contributed by atoms with van der Waals surface area (Å²) in [4.78, 5) is 12.1. The van der Waals surface area contributed by atoms with Gasteiger partial charge in [0.2, 0.25) is 0 Å². The molecule has 2 nitrogen and oxygen atoms in total. The average molecular weight is 242 g/mol. The van der Waals surface area contributed by atoms with Crippen molar-refractivity contribution in [1.29, 1.82) is 0 Å². The number of methoxy groups -OCH3 is 1. The van der Waals surface area contributed by atoms with Crippen molar-refractivity contribution >= 4 is 5.78 Å². The van der Waals surface area contributed by atoms with Crippen molar-refractivity contribution in [2.45, 2.75) is 26.9 Å². The van der Waals surface area contributed by atoms with Gasteiger partial charge >= 0.3 is 0 Å². The minimum Gasteiger partial charge on any atom is -0.373 e. The zero-order valence-corrected chi connectivity index (χ0v) is 10.4. The van der Waals surface area contributed by atoms with E-state index in [1.54, 1.807) is 20.8 Å². The first-order valence-electron chi connectivity index (χ1n) is 5.30. The number of halogens is 2. The largest absolute Gasteiger partial charge is 0.373 e. The summed E-state index contributed by atoms with van der Waals surface area (Å²) in [7, 11) is 1.38. The van der Waals surface area contributed by atoms with E-state index in [-0.39, 0.29) is 5.56 Å². The van der Waals surface area contributed by atoms with Crippen LogP contribution in [0.25, 0.3) is 0 Å². The van der Waals surface area contributed by atoms with Crippen LogP contribution in [0.2, 0.25) is 0 Å². The van der Waals surface area contributed by atoms with Gasteiger partial charge in [0.1, 0.15) is 6.10 Å². The molecule has 17 heavy (non-hydrogen) atoms. The number of hydrogen-bond donors (Lipinski definition) is 0. The summed E-state index contributed by atoms with van der Waals surface area (Å²) in [5.74, 6) is -2.69. The van der Waals surface area contributed by atoms with Gasteiger partial charge in [-0.3, -0.25) is 4.79 Å². The van der Waals surface area contributed by atoms with Gasteiger partial charge in [0.25, 0.3) is 0 Å². The molecule has 1 rings (SSSR count). The Labute approximate surface area is 99.6 Å². The molecule has 94 valence electrons. The molecule has 0 saturated carbocycles. The van der Waals surface area contributed by atoms with Gasteiger partial charge in [-0.2, -0.15) is 0 Å². The fourth-order valence-electron chi connectivity index (χ4n) is 1.69. The maximum absolute atomic E-state index is 13.5. The number of hydrogen-bond acceptors (Lipinski definition) is 2. The molecular weight excluding hydrogens is 226 g/mol. The van der Waals surface area contributed by atoms with E-state index in [2.05, 4.69) is 0 Å². The maximum atomic E-state index is 13.5. The van der Waals surface area contributed by atoms with E-state index in [1.807, 2.05) is 0 Å². The Morgan fingerprint density at radius 2 is 1.88 bits per heavy atom. The van der Waals surface area contributed by atoms with Crippen LogP contribution >= 0.6 is 0 Å². The van der Waals surface area contributed by atoms with Crippen molar-refractivity contribution in [3.63, 3.8) is 0 Å². The number of carbonyl (C=O) groups excluding carboxylic acids is 1. The number of benzene rings is 1. The number of ether oxygens (including phenoxy) is 1. The van der Waals surface area contributed by atoms with Crippen molar-refractivity contribution in [3.8, 4) is 0 Å². The van der Waals surface area contributed by atoms with Crippen LogP contribution in [0.1, 0.15) is 31.1 Å². The van der Waals surface area contributed by atoms with Crippen molar-refractivity contribution in [2.75, 3.05) is 7.11 Å². The minimum atomic E-state index is -1.12. The van der Waals surface area contributed by atoms with Crippen molar-refractivity contribution in [1.82, 2.24) is 0 Å². The summed E-state index contributed by atoms with van der Waals surface area (Å²) in [5.41, 5.74) is -0.753. The Bertz CT molecular complexity index is 422. The van der Waals surface area contributed by atoms with Crippen molar-refractivity contribution in [3.05, 3.63) is 35.4 Å². The summed E-state index contributed by atoms with van der Waals surface area (Å²) < 4.78 is 31.6. The van der Waals surface area contributed by atoms with Gasteiger partial charge in [-0.1, -0.05) is 26.8 Å². The Morgan fingerprint density at radius 1 is 1.29 bits per heavy atom. The van der Waals surface area contributed by atoms with Gasteiger partial charge < -0.3 is 4.74 Å². The van der Waals surface area contributed by atoms with E-state index >= 15 is 0 Å². The van der Waals surface area contributed by atoms with Gasteiger partial charge in [0.15, 0.2) is 17.4 Å². The zero-order valence-electron chi connectivity index (χ0n) is 10.4. The Balaban J connectivity index is 3.16. The highest BCUT2D eigenvalue weighted by molar-refractivity contribution is 6.00. The molecule has 1 unspecified atom stereocenters. The lowest BCUT2D eigenvalue weighted by atomic mass is 9.84. The fraction of sp³-hybridized carbons (Fsp3) is 0.462. The fourth-order valence-corrected chi connectivity index (χ4v) is 1.69. The van der Waals surface area contributed by atoms with Crippen LogP contribution in [0.5, 0.6) is 0 Å². The molecule has 1 atom stereocenters. The quantitative estimate of drug-likeness (QED) is 0.761. The predicted octanol–water partition coefficient (Wildman–Crippen LogP) is 3.21. The summed E-state index contributed by atoms with van der Waals surface area (Å²) in [5, 5.41) is 0. The number of ketones is 1. The molecule has 0 radical (unpaired) electrons. The summed E-state index contributed by atoms with van der Waals surface area (Å²) in [6, 6.07) is 3.55.